The summed E-state index contributed by atoms with van der Waals surface area (Å²) in [6, 6.07) is 4.90. The van der Waals surface area contributed by atoms with Gasteiger partial charge in [0.15, 0.2) is 5.13 Å². The molecule has 3 rings (SSSR count). The molecule has 5 nitrogen and oxygen atoms in total. The van der Waals surface area contributed by atoms with Gasteiger partial charge in [0.2, 0.25) is 0 Å². The van der Waals surface area contributed by atoms with Crippen LogP contribution in [-0.4, -0.2) is 16.1 Å². The maximum atomic E-state index is 11.0. The highest BCUT2D eigenvalue weighted by molar-refractivity contribution is 7.13. The number of anilines is 3. The van der Waals surface area contributed by atoms with Crippen molar-refractivity contribution in [2.75, 3.05) is 11.1 Å². The smallest absolute Gasteiger partial charge is 0.337 e. The minimum Gasteiger partial charge on any atom is -0.478 e. The molecule has 0 radical (unpaired) electrons. The molecule has 1 fully saturated rings. The third-order valence-electron chi connectivity index (χ3n) is 3.10. The van der Waals surface area contributed by atoms with E-state index in [1.165, 1.54) is 30.2 Å². The number of nitrogens with one attached hydrogen (secondary N) is 1. The second-order valence-corrected chi connectivity index (χ2v) is 5.41. The molecule has 1 aliphatic carbocycles. The molecule has 0 unspecified atom stereocenters. The molecule has 2 aromatic rings. The second-order valence-electron chi connectivity index (χ2n) is 4.55. The summed E-state index contributed by atoms with van der Waals surface area (Å²) in [7, 11) is 0. The highest BCUT2D eigenvalue weighted by Crippen LogP contribution is 2.41. The Balaban J connectivity index is 1.85. The molecule has 0 bridgehead atoms. The van der Waals surface area contributed by atoms with Crippen molar-refractivity contribution in [2.24, 2.45) is 0 Å². The molecule has 0 spiro atoms. The largest absolute Gasteiger partial charge is 0.478 e. The van der Waals surface area contributed by atoms with Gasteiger partial charge in [0.05, 0.1) is 22.6 Å². The fraction of sp³-hybridized carbons (Fsp3) is 0.231. The topological polar surface area (TPSA) is 88.2 Å². The number of carboxylic acid groups (broad SMARTS) is 1. The van der Waals surface area contributed by atoms with Gasteiger partial charge in [0, 0.05) is 11.3 Å². The Morgan fingerprint density at radius 2 is 2.26 bits per heavy atom. The van der Waals surface area contributed by atoms with Crippen molar-refractivity contribution in [3.05, 3.63) is 34.8 Å². The average Bonchev–Trinajstić information content (AvgIpc) is 3.12. The summed E-state index contributed by atoms with van der Waals surface area (Å²) in [5.41, 5.74) is 7.87. The number of hydrogen-bond donors (Lipinski definition) is 3. The van der Waals surface area contributed by atoms with Crippen LogP contribution in [0.5, 0.6) is 0 Å². The van der Waals surface area contributed by atoms with Crippen molar-refractivity contribution in [1.29, 1.82) is 0 Å². The summed E-state index contributed by atoms with van der Waals surface area (Å²) in [6.07, 6.45) is 2.42. The monoisotopic (exact) mass is 275 g/mol. The number of aromatic carboxylic acids is 1. The molecule has 1 aliphatic rings. The minimum absolute atomic E-state index is 0.101. The van der Waals surface area contributed by atoms with Crippen molar-refractivity contribution >= 4 is 33.8 Å². The van der Waals surface area contributed by atoms with Gasteiger partial charge in [-0.05, 0) is 25.0 Å². The molecular formula is C13H13N3O2S. The van der Waals surface area contributed by atoms with E-state index in [1.54, 1.807) is 12.1 Å². The molecule has 1 heterocycles. The lowest BCUT2D eigenvalue weighted by Gasteiger charge is -2.08. The number of hydrogen-bond acceptors (Lipinski definition) is 5. The van der Waals surface area contributed by atoms with Crippen LogP contribution in [0.4, 0.5) is 16.5 Å². The minimum atomic E-state index is -1.03. The van der Waals surface area contributed by atoms with Crippen LogP contribution >= 0.6 is 11.3 Å². The van der Waals surface area contributed by atoms with Crippen molar-refractivity contribution in [3.8, 4) is 0 Å². The summed E-state index contributed by atoms with van der Waals surface area (Å²) in [6.45, 7) is 0. The van der Waals surface area contributed by atoms with Crippen LogP contribution in [0.3, 0.4) is 0 Å². The van der Waals surface area contributed by atoms with E-state index >= 15 is 0 Å². The van der Waals surface area contributed by atoms with Crippen LogP contribution in [0.15, 0.2) is 23.6 Å². The normalized spacial score (nSPS) is 14.3. The Hall–Kier alpha value is -2.08. The molecule has 98 valence electrons. The number of thiazole rings is 1. The van der Waals surface area contributed by atoms with E-state index < -0.39 is 5.97 Å². The number of benzene rings is 1. The van der Waals surface area contributed by atoms with E-state index in [9.17, 15) is 4.79 Å². The molecule has 0 saturated heterocycles. The van der Waals surface area contributed by atoms with Gasteiger partial charge in [0.1, 0.15) is 0 Å². The zero-order chi connectivity index (χ0) is 13.4. The lowest BCUT2D eigenvalue weighted by atomic mass is 10.1. The molecule has 0 amide bonds. The molecule has 19 heavy (non-hydrogen) atoms. The van der Waals surface area contributed by atoms with Crippen molar-refractivity contribution in [3.63, 3.8) is 0 Å². The van der Waals surface area contributed by atoms with E-state index in [0.29, 0.717) is 11.6 Å². The molecule has 1 aromatic heterocycles. The Morgan fingerprint density at radius 1 is 1.47 bits per heavy atom. The van der Waals surface area contributed by atoms with Crippen LogP contribution < -0.4 is 11.1 Å². The highest BCUT2D eigenvalue weighted by Gasteiger charge is 2.26. The fourth-order valence-corrected chi connectivity index (χ4v) is 2.69. The Bertz CT molecular complexity index is 635. The quantitative estimate of drug-likeness (QED) is 0.746. The Labute approximate surface area is 114 Å². The third kappa shape index (κ3) is 2.39. The van der Waals surface area contributed by atoms with Gasteiger partial charge in [0.25, 0.3) is 0 Å². The third-order valence-corrected chi connectivity index (χ3v) is 3.87. The SMILES string of the molecule is Nc1c(Nc2nc(C3CC3)cs2)cccc1C(=O)O. The number of nitrogens with two attached hydrogens (primary N) is 1. The Morgan fingerprint density at radius 3 is 2.95 bits per heavy atom. The standard InChI is InChI=1S/C13H13N3O2S/c14-11-8(12(17)18)2-1-3-9(11)15-13-16-10(6-19-13)7-4-5-7/h1-3,6-7H,4-5,14H2,(H,15,16)(H,17,18). The van der Waals surface area contributed by atoms with E-state index in [4.69, 9.17) is 10.8 Å². The summed E-state index contributed by atoms with van der Waals surface area (Å²) in [5.74, 6) is -0.423. The van der Waals surface area contributed by atoms with Gasteiger partial charge in [-0.2, -0.15) is 0 Å². The summed E-state index contributed by atoms with van der Waals surface area (Å²) in [5, 5.41) is 14.9. The van der Waals surface area contributed by atoms with Crippen LogP contribution in [0.25, 0.3) is 0 Å². The van der Waals surface area contributed by atoms with E-state index in [0.717, 1.165) is 10.8 Å². The number of aromatic nitrogens is 1. The first-order valence-electron chi connectivity index (χ1n) is 5.99. The first-order valence-corrected chi connectivity index (χ1v) is 6.87. The zero-order valence-corrected chi connectivity index (χ0v) is 10.9. The molecule has 4 N–H and O–H groups in total. The maximum absolute atomic E-state index is 11.0. The van der Waals surface area contributed by atoms with Crippen LogP contribution in [0.2, 0.25) is 0 Å². The van der Waals surface area contributed by atoms with Gasteiger partial charge in [-0.15, -0.1) is 11.3 Å². The van der Waals surface area contributed by atoms with E-state index in [-0.39, 0.29) is 11.3 Å². The number of nitrogen functional groups attached to an aromatic ring is 1. The number of carbonyl (C=O) groups is 1. The predicted molar refractivity (Wildman–Crippen MR) is 75.2 cm³/mol. The maximum Gasteiger partial charge on any atom is 0.337 e. The molecule has 6 heteroatoms. The Kier molecular flexibility index (Phi) is 2.87. The lowest BCUT2D eigenvalue weighted by Crippen LogP contribution is -2.05. The molecular weight excluding hydrogens is 262 g/mol. The van der Waals surface area contributed by atoms with Crippen LogP contribution in [0, 0.1) is 0 Å². The number of rotatable bonds is 4. The summed E-state index contributed by atoms with van der Waals surface area (Å²) in [4.78, 5) is 15.5. The predicted octanol–water partition coefficient (Wildman–Crippen LogP) is 3.04. The zero-order valence-electron chi connectivity index (χ0n) is 10.1. The molecule has 1 saturated carbocycles. The number of carboxylic acids is 1. The second kappa shape index (κ2) is 4.55. The first kappa shape index (κ1) is 12.0. The average molecular weight is 275 g/mol. The van der Waals surface area contributed by atoms with Crippen LogP contribution in [0.1, 0.15) is 34.8 Å². The van der Waals surface area contributed by atoms with Crippen molar-refractivity contribution in [1.82, 2.24) is 4.98 Å². The number of para-hydroxylation sites is 1. The van der Waals surface area contributed by atoms with Gasteiger partial charge in [-0.1, -0.05) is 6.07 Å². The van der Waals surface area contributed by atoms with Gasteiger partial charge in [-0.25, -0.2) is 9.78 Å². The summed E-state index contributed by atoms with van der Waals surface area (Å²) < 4.78 is 0. The fourth-order valence-electron chi connectivity index (χ4n) is 1.89. The highest BCUT2D eigenvalue weighted by atomic mass is 32.1. The van der Waals surface area contributed by atoms with Crippen LogP contribution in [-0.2, 0) is 0 Å². The molecule has 1 aromatic carbocycles. The van der Waals surface area contributed by atoms with E-state index in [2.05, 4.69) is 10.3 Å². The number of nitrogens with zero attached hydrogens (tertiary/aromatic N) is 1. The van der Waals surface area contributed by atoms with Crippen molar-refractivity contribution < 1.29 is 9.90 Å². The van der Waals surface area contributed by atoms with Gasteiger partial charge < -0.3 is 16.2 Å². The molecule has 0 aliphatic heterocycles. The summed E-state index contributed by atoms with van der Waals surface area (Å²) >= 11 is 1.51. The lowest BCUT2D eigenvalue weighted by molar-refractivity contribution is 0.0698. The van der Waals surface area contributed by atoms with E-state index in [1.807, 2.05) is 5.38 Å². The molecule has 0 atom stereocenters. The van der Waals surface area contributed by atoms with Gasteiger partial charge in [-0.3, -0.25) is 0 Å². The first-order chi connectivity index (χ1) is 9.15. The van der Waals surface area contributed by atoms with Gasteiger partial charge >= 0.3 is 5.97 Å². The van der Waals surface area contributed by atoms with Crippen molar-refractivity contribution in [2.45, 2.75) is 18.8 Å².